The van der Waals surface area contributed by atoms with Gasteiger partial charge in [0.15, 0.2) is 0 Å². The number of carbonyl (C=O) groups excluding carboxylic acids is 1. The van der Waals surface area contributed by atoms with E-state index in [0.29, 0.717) is 16.0 Å². The summed E-state index contributed by atoms with van der Waals surface area (Å²) in [5.41, 5.74) is 1.68. The highest BCUT2D eigenvalue weighted by atomic mass is 35.5. The Hall–Kier alpha value is -1.89. The standard InChI is InChI=1S/C17H19Cl2N5O/c1-23-4-6-24(7-5-23)14-9-16(21-11-13(14)18)22-17(25)8-12-2-3-15(19)20-10-12/h2-3,9-11H,4-8H2,1H3,(H,21,22,25). The third kappa shape index (κ3) is 4.81. The molecule has 1 N–H and O–H groups in total. The summed E-state index contributed by atoms with van der Waals surface area (Å²) in [5, 5.41) is 3.80. The summed E-state index contributed by atoms with van der Waals surface area (Å²) in [5.74, 6) is 0.327. The molecule has 0 bridgehead atoms. The number of carbonyl (C=O) groups is 1. The lowest BCUT2D eigenvalue weighted by Crippen LogP contribution is -2.44. The molecule has 2 aromatic heterocycles. The van der Waals surface area contributed by atoms with Crippen LogP contribution in [-0.4, -0.2) is 54.0 Å². The van der Waals surface area contributed by atoms with Gasteiger partial charge >= 0.3 is 0 Å². The molecule has 1 saturated heterocycles. The Balaban J connectivity index is 1.67. The van der Waals surface area contributed by atoms with Crippen LogP contribution in [0.15, 0.2) is 30.6 Å². The van der Waals surface area contributed by atoms with Gasteiger partial charge in [0.1, 0.15) is 11.0 Å². The van der Waals surface area contributed by atoms with E-state index < -0.39 is 0 Å². The van der Waals surface area contributed by atoms with Crippen LogP contribution in [-0.2, 0) is 11.2 Å². The second-order valence-electron chi connectivity index (χ2n) is 6.03. The minimum Gasteiger partial charge on any atom is -0.368 e. The molecule has 1 aliphatic rings. The Morgan fingerprint density at radius 2 is 1.92 bits per heavy atom. The highest BCUT2D eigenvalue weighted by Crippen LogP contribution is 2.28. The maximum Gasteiger partial charge on any atom is 0.230 e. The van der Waals surface area contributed by atoms with Crippen LogP contribution in [0, 0.1) is 0 Å². The molecule has 0 spiro atoms. The fourth-order valence-electron chi connectivity index (χ4n) is 2.67. The summed E-state index contributed by atoms with van der Waals surface area (Å²) >= 11 is 12.0. The Morgan fingerprint density at radius 1 is 1.16 bits per heavy atom. The average Bonchev–Trinajstić information content (AvgIpc) is 2.59. The van der Waals surface area contributed by atoms with Crippen LogP contribution >= 0.6 is 23.2 Å². The fourth-order valence-corrected chi connectivity index (χ4v) is 3.00. The van der Waals surface area contributed by atoms with Crippen molar-refractivity contribution in [2.24, 2.45) is 0 Å². The first kappa shape index (κ1) is 17.9. The van der Waals surface area contributed by atoms with Crippen molar-refractivity contribution in [1.29, 1.82) is 0 Å². The van der Waals surface area contributed by atoms with Gasteiger partial charge < -0.3 is 15.1 Å². The van der Waals surface area contributed by atoms with E-state index in [2.05, 4.69) is 32.1 Å². The first-order valence-electron chi connectivity index (χ1n) is 8.00. The van der Waals surface area contributed by atoms with E-state index in [1.54, 1.807) is 24.5 Å². The molecule has 0 unspecified atom stereocenters. The maximum absolute atomic E-state index is 12.2. The molecule has 0 atom stereocenters. The molecule has 0 aliphatic carbocycles. The van der Waals surface area contributed by atoms with Crippen molar-refractivity contribution in [2.45, 2.75) is 6.42 Å². The van der Waals surface area contributed by atoms with Crippen molar-refractivity contribution < 1.29 is 4.79 Å². The number of piperazine rings is 1. The van der Waals surface area contributed by atoms with Crippen LogP contribution in [0.1, 0.15) is 5.56 Å². The zero-order chi connectivity index (χ0) is 17.8. The van der Waals surface area contributed by atoms with Crippen LogP contribution in [0.25, 0.3) is 0 Å². The van der Waals surface area contributed by atoms with E-state index in [4.69, 9.17) is 23.2 Å². The van der Waals surface area contributed by atoms with Crippen LogP contribution in [0.2, 0.25) is 10.2 Å². The minimum absolute atomic E-state index is 0.164. The van der Waals surface area contributed by atoms with E-state index >= 15 is 0 Å². The molecule has 0 aromatic carbocycles. The van der Waals surface area contributed by atoms with Crippen LogP contribution in [0.3, 0.4) is 0 Å². The Kier molecular flexibility index (Phi) is 5.73. The van der Waals surface area contributed by atoms with Crippen molar-refractivity contribution in [2.75, 3.05) is 43.4 Å². The maximum atomic E-state index is 12.2. The van der Waals surface area contributed by atoms with Crippen molar-refractivity contribution in [3.8, 4) is 0 Å². The molecule has 132 valence electrons. The zero-order valence-corrected chi connectivity index (χ0v) is 15.4. The molecule has 25 heavy (non-hydrogen) atoms. The molecule has 1 aliphatic heterocycles. The number of pyridine rings is 2. The number of anilines is 2. The normalized spacial score (nSPS) is 15.2. The average molecular weight is 380 g/mol. The number of halogens is 2. The predicted octanol–water partition coefficient (Wildman–Crippen LogP) is 2.72. The minimum atomic E-state index is -0.164. The Labute approximate surface area is 156 Å². The van der Waals surface area contributed by atoms with E-state index in [1.807, 2.05) is 6.07 Å². The molecular formula is C17H19Cl2N5O. The number of hydrogen-bond donors (Lipinski definition) is 1. The molecule has 3 heterocycles. The monoisotopic (exact) mass is 379 g/mol. The lowest BCUT2D eigenvalue weighted by Gasteiger charge is -2.34. The van der Waals surface area contributed by atoms with Gasteiger partial charge in [-0.05, 0) is 18.7 Å². The van der Waals surface area contributed by atoms with Gasteiger partial charge in [-0.1, -0.05) is 29.3 Å². The first-order chi connectivity index (χ1) is 12.0. The van der Waals surface area contributed by atoms with E-state index in [-0.39, 0.29) is 12.3 Å². The number of likely N-dealkylation sites (N-methyl/N-ethyl adjacent to an activating group) is 1. The van der Waals surface area contributed by atoms with Gasteiger partial charge in [-0.2, -0.15) is 0 Å². The highest BCUT2D eigenvalue weighted by molar-refractivity contribution is 6.33. The fraction of sp³-hybridized carbons (Fsp3) is 0.353. The smallest absolute Gasteiger partial charge is 0.230 e. The molecule has 0 saturated carbocycles. The van der Waals surface area contributed by atoms with Crippen LogP contribution < -0.4 is 10.2 Å². The van der Waals surface area contributed by atoms with Gasteiger partial charge in [-0.3, -0.25) is 4.79 Å². The second-order valence-corrected chi connectivity index (χ2v) is 6.82. The summed E-state index contributed by atoms with van der Waals surface area (Å²) in [7, 11) is 2.10. The lowest BCUT2D eigenvalue weighted by atomic mass is 10.2. The summed E-state index contributed by atoms with van der Waals surface area (Å²) < 4.78 is 0. The predicted molar refractivity (Wildman–Crippen MR) is 101 cm³/mol. The first-order valence-corrected chi connectivity index (χ1v) is 8.76. The summed E-state index contributed by atoms with van der Waals surface area (Å²) in [6, 6.07) is 5.27. The zero-order valence-electron chi connectivity index (χ0n) is 13.9. The van der Waals surface area contributed by atoms with Crippen LogP contribution in [0.5, 0.6) is 0 Å². The van der Waals surface area contributed by atoms with Crippen molar-refractivity contribution >= 4 is 40.6 Å². The number of nitrogens with one attached hydrogen (secondary N) is 1. The van der Waals surface area contributed by atoms with Crippen molar-refractivity contribution in [3.63, 3.8) is 0 Å². The Morgan fingerprint density at radius 3 is 2.60 bits per heavy atom. The number of nitrogens with zero attached hydrogens (tertiary/aromatic N) is 4. The van der Waals surface area contributed by atoms with Gasteiger partial charge in [0.2, 0.25) is 5.91 Å². The van der Waals surface area contributed by atoms with Gasteiger partial charge in [0.05, 0.1) is 23.3 Å². The third-order valence-electron chi connectivity index (χ3n) is 4.10. The van der Waals surface area contributed by atoms with E-state index in [9.17, 15) is 4.79 Å². The lowest BCUT2D eigenvalue weighted by molar-refractivity contribution is -0.115. The molecule has 1 amide bonds. The molecule has 6 nitrogen and oxygen atoms in total. The SMILES string of the molecule is CN1CCN(c2cc(NC(=O)Cc3ccc(Cl)nc3)ncc2Cl)CC1. The van der Waals surface area contributed by atoms with Gasteiger partial charge in [-0.25, -0.2) is 9.97 Å². The molecule has 3 rings (SSSR count). The molecule has 8 heteroatoms. The Bertz CT molecular complexity index is 745. The molecular weight excluding hydrogens is 361 g/mol. The molecule has 2 aromatic rings. The molecule has 1 fully saturated rings. The quantitative estimate of drug-likeness (QED) is 0.827. The highest BCUT2D eigenvalue weighted by Gasteiger charge is 2.18. The van der Waals surface area contributed by atoms with E-state index in [1.165, 1.54) is 0 Å². The van der Waals surface area contributed by atoms with Crippen molar-refractivity contribution in [1.82, 2.24) is 14.9 Å². The summed E-state index contributed by atoms with van der Waals surface area (Å²) in [6.45, 7) is 3.74. The number of rotatable bonds is 4. The molecule has 0 radical (unpaired) electrons. The van der Waals surface area contributed by atoms with Gasteiger partial charge in [-0.15, -0.1) is 0 Å². The topological polar surface area (TPSA) is 61.4 Å². The second kappa shape index (κ2) is 7.99. The number of aromatic nitrogens is 2. The third-order valence-corrected chi connectivity index (χ3v) is 4.61. The van der Waals surface area contributed by atoms with E-state index in [0.717, 1.165) is 37.4 Å². The largest absolute Gasteiger partial charge is 0.368 e. The van der Waals surface area contributed by atoms with Gasteiger partial charge in [0.25, 0.3) is 0 Å². The number of amides is 1. The van der Waals surface area contributed by atoms with Gasteiger partial charge in [0, 0.05) is 38.4 Å². The summed E-state index contributed by atoms with van der Waals surface area (Å²) in [6.07, 6.45) is 3.37. The summed E-state index contributed by atoms with van der Waals surface area (Å²) in [4.78, 5) is 24.9. The van der Waals surface area contributed by atoms with Crippen LogP contribution in [0.4, 0.5) is 11.5 Å². The number of hydrogen-bond acceptors (Lipinski definition) is 5. The van der Waals surface area contributed by atoms with Crippen molar-refractivity contribution in [3.05, 3.63) is 46.3 Å².